The van der Waals surface area contributed by atoms with Gasteiger partial charge in [-0.05, 0) is 36.2 Å². The fourth-order valence-electron chi connectivity index (χ4n) is 1.70. The molecule has 0 fully saturated rings. The van der Waals surface area contributed by atoms with E-state index < -0.39 is 0 Å². The Morgan fingerprint density at radius 2 is 2.12 bits per heavy atom. The van der Waals surface area contributed by atoms with E-state index in [1.54, 1.807) is 13.3 Å². The molecule has 1 aromatic heterocycles. The van der Waals surface area contributed by atoms with Crippen molar-refractivity contribution >= 4 is 0 Å². The number of hydrogen-bond donors (Lipinski definition) is 1. The van der Waals surface area contributed by atoms with Gasteiger partial charge < -0.3 is 9.84 Å². The van der Waals surface area contributed by atoms with Gasteiger partial charge in [-0.3, -0.25) is 4.98 Å². The minimum Gasteiger partial charge on any atom is -0.497 e. The number of pyridine rings is 1. The summed E-state index contributed by atoms with van der Waals surface area (Å²) in [4.78, 5) is 4.33. The summed E-state index contributed by atoms with van der Waals surface area (Å²) < 4.78 is 5.19. The van der Waals surface area contributed by atoms with Crippen molar-refractivity contribution in [1.82, 2.24) is 4.98 Å². The lowest BCUT2D eigenvalue weighted by Crippen LogP contribution is -1.93. The molecule has 0 radical (unpaired) electrons. The van der Waals surface area contributed by atoms with Gasteiger partial charge in [0.2, 0.25) is 0 Å². The van der Waals surface area contributed by atoms with Crippen molar-refractivity contribution in [2.75, 3.05) is 13.7 Å². The largest absolute Gasteiger partial charge is 0.497 e. The maximum absolute atomic E-state index is 8.92. The molecule has 0 unspecified atom stereocenters. The average Bonchev–Trinajstić information content (AvgIpc) is 2.40. The molecule has 0 spiro atoms. The minimum atomic E-state index is 0.154. The third-order valence-corrected chi connectivity index (χ3v) is 2.59. The van der Waals surface area contributed by atoms with Crippen molar-refractivity contribution in [3.63, 3.8) is 0 Å². The molecule has 17 heavy (non-hydrogen) atoms. The van der Waals surface area contributed by atoms with Gasteiger partial charge in [-0.1, -0.05) is 12.1 Å². The van der Waals surface area contributed by atoms with Crippen LogP contribution in [0.15, 0.2) is 42.6 Å². The van der Waals surface area contributed by atoms with Gasteiger partial charge in [0.05, 0.1) is 12.8 Å². The van der Waals surface area contributed by atoms with Crippen molar-refractivity contribution in [2.24, 2.45) is 0 Å². The van der Waals surface area contributed by atoms with Crippen LogP contribution in [0, 0.1) is 0 Å². The van der Waals surface area contributed by atoms with Gasteiger partial charge in [0, 0.05) is 18.4 Å². The second-order valence-electron chi connectivity index (χ2n) is 3.75. The Balaban J connectivity index is 2.34. The molecular formula is C14H15NO2. The lowest BCUT2D eigenvalue weighted by atomic mass is 10.1. The summed E-state index contributed by atoms with van der Waals surface area (Å²) in [5.74, 6) is 0.817. The number of aliphatic hydroxyl groups is 1. The molecule has 0 aliphatic carbocycles. The molecule has 88 valence electrons. The number of benzene rings is 1. The van der Waals surface area contributed by atoms with E-state index in [-0.39, 0.29) is 6.61 Å². The van der Waals surface area contributed by atoms with Crippen LogP contribution in [0.2, 0.25) is 0 Å². The molecule has 2 aromatic rings. The van der Waals surface area contributed by atoms with Crippen molar-refractivity contribution < 1.29 is 9.84 Å². The SMILES string of the molecule is COc1cccc(-c2cc(CCO)ccn2)c1. The monoisotopic (exact) mass is 229 g/mol. The minimum absolute atomic E-state index is 0.154. The molecule has 3 nitrogen and oxygen atoms in total. The number of rotatable bonds is 4. The molecule has 1 N–H and O–H groups in total. The van der Waals surface area contributed by atoms with Crippen LogP contribution in [0.4, 0.5) is 0 Å². The summed E-state index contributed by atoms with van der Waals surface area (Å²) in [6.45, 7) is 0.154. The van der Waals surface area contributed by atoms with Gasteiger partial charge in [0.15, 0.2) is 0 Å². The molecule has 0 amide bonds. The summed E-state index contributed by atoms with van der Waals surface area (Å²) >= 11 is 0. The normalized spacial score (nSPS) is 10.2. The van der Waals surface area contributed by atoms with E-state index in [1.165, 1.54) is 0 Å². The highest BCUT2D eigenvalue weighted by Gasteiger charge is 2.02. The van der Waals surface area contributed by atoms with Crippen LogP contribution in [0.1, 0.15) is 5.56 Å². The van der Waals surface area contributed by atoms with Gasteiger partial charge in [0.25, 0.3) is 0 Å². The molecule has 0 bridgehead atoms. The van der Waals surface area contributed by atoms with E-state index in [1.807, 2.05) is 36.4 Å². The highest BCUT2D eigenvalue weighted by atomic mass is 16.5. The topological polar surface area (TPSA) is 42.4 Å². The first kappa shape index (κ1) is 11.6. The first-order valence-corrected chi connectivity index (χ1v) is 5.53. The van der Waals surface area contributed by atoms with Crippen molar-refractivity contribution in [1.29, 1.82) is 0 Å². The summed E-state index contributed by atoms with van der Waals surface area (Å²) in [5.41, 5.74) is 3.00. The van der Waals surface area contributed by atoms with Crippen LogP contribution in [0.3, 0.4) is 0 Å². The zero-order chi connectivity index (χ0) is 12.1. The molecule has 2 rings (SSSR count). The zero-order valence-corrected chi connectivity index (χ0v) is 9.76. The van der Waals surface area contributed by atoms with Gasteiger partial charge in [-0.2, -0.15) is 0 Å². The lowest BCUT2D eigenvalue weighted by molar-refractivity contribution is 0.299. The smallest absolute Gasteiger partial charge is 0.119 e. The lowest BCUT2D eigenvalue weighted by Gasteiger charge is -2.05. The number of aromatic nitrogens is 1. The molecule has 3 heteroatoms. The molecule has 0 saturated heterocycles. The Kier molecular flexibility index (Phi) is 3.73. The van der Waals surface area contributed by atoms with Crippen LogP contribution < -0.4 is 4.74 Å². The Morgan fingerprint density at radius 1 is 1.24 bits per heavy atom. The summed E-state index contributed by atoms with van der Waals surface area (Å²) in [6.07, 6.45) is 2.42. The average molecular weight is 229 g/mol. The number of hydrogen-bond acceptors (Lipinski definition) is 3. The van der Waals surface area contributed by atoms with Gasteiger partial charge >= 0.3 is 0 Å². The number of aliphatic hydroxyl groups excluding tert-OH is 1. The Labute approximate surface area is 101 Å². The summed E-state index contributed by atoms with van der Waals surface area (Å²) in [7, 11) is 1.65. The molecular weight excluding hydrogens is 214 g/mol. The van der Waals surface area contributed by atoms with Gasteiger partial charge in [0.1, 0.15) is 5.75 Å². The molecule has 1 aromatic carbocycles. The summed E-state index contributed by atoms with van der Waals surface area (Å²) in [6, 6.07) is 11.7. The Hall–Kier alpha value is -1.87. The van der Waals surface area contributed by atoms with Crippen LogP contribution >= 0.6 is 0 Å². The maximum atomic E-state index is 8.92. The van der Waals surface area contributed by atoms with E-state index in [9.17, 15) is 0 Å². The van der Waals surface area contributed by atoms with Crippen LogP contribution in [-0.2, 0) is 6.42 Å². The zero-order valence-electron chi connectivity index (χ0n) is 9.76. The number of ether oxygens (including phenoxy) is 1. The fourth-order valence-corrected chi connectivity index (χ4v) is 1.70. The van der Waals surface area contributed by atoms with Crippen LogP contribution in [0.5, 0.6) is 5.75 Å². The Morgan fingerprint density at radius 3 is 2.88 bits per heavy atom. The summed E-state index contributed by atoms with van der Waals surface area (Å²) in [5, 5.41) is 8.92. The van der Waals surface area contributed by atoms with Crippen LogP contribution in [0.25, 0.3) is 11.3 Å². The second kappa shape index (κ2) is 5.46. The van der Waals surface area contributed by atoms with Crippen molar-refractivity contribution in [3.05, 3.63) is 48.2 Å². The number of methoxy groups -OCH3 is 1. The predicted molar refractivity (Wildman–Crippen MR) is 67.0 cm³/mol. The van der Waals surface area contributed by atoms with E-state index in [0.717, 1.165) is 22.6 Å². The molecule has 0 aliphatic rings. The van der Waals surface area contributed by atoms with Crippen molar-refractivity contribution in [3.8, 4) is 17.0 Å². The molecule has 0 aliphatic heterocycles. The first-order valence-electron chi connectivity index (χ1n) is 5.53. The third kappa shape index (κ3) is 2.82. The second-order valence-corrected chi connectivity index (χ2v) is 3.75. The van der Waals surface area contributed by atoms with Crippen LogP contribution in [-0.4, -0.2) is 23.8 Å². The van der Waals surface area contributed by atoms with E-state index >= 15 is 0 Å². The highest BCUT2D eigenvalue weighted by molar-refractivity contribution is 5.61. The predicted octanol–water partition coefficient (Wildman–Crippen LogP) is 2.29. The number of nitrogens with zero attached hydrogens (tertiary/aromatic N) is 1. The fraction of sp³-hybridized carbons (Fsp3) is 0.214. The molecule has 1 heterocycles. The first-order chi connectivity index (χ1) is 8.33. The molecule has 0 atom stereocenters. The van der Waals surface area contributed by atoms with E-state index in [0.29, 0.717) is 6.42 Å². The standard InChI is InChI=1S/C14H15NO2/c1-17-13-4-2-3-12(10-13)14-9-11(6-8-16)5-7-15-14/h2-5,7,9-10,16H,6,8H2,1H3. The third-order valence-electron chi connectivity index (χ3n) is 2.59. The Bertz CT molecular complexity index is 497. The van der Waals surface area contributed by atoms with Gasteiger partial charge in [-0.15, -0.1) is 0 Å². The maximum Gasteiger partial charge on any atom is 0.119 e. The van der Waals surface area contributed by atoms with Gasteiger partial charge in [-0.25, -0.2) is 0 Å². The van der Waals surface area contributed by atoms with E-state index in [4.69, 9.17) is 9.84 Å². The molecule has 0 saturated carbocycles. The highest BCUT2D eigenvalue weighted by Crippen LogP contribution is 2.22. The quantitative estimate of drug-likeness (QED) is 0.874. The van der Waals surface area contributed by atoms with E-state index in [2.05, 4.69) is 4.98 Å². The van der Waals surface area contributed by atoms with Crippen molar-refractivity contribution in [2.45, 2.75) is 6.42 Å².